The van der Waals surface area contributed by atoms with Crippen molar-refractivity contribution >= 4 is 11.6 Å². The molecule has 1 N–H and O–H groups in total. The first-order chi connectivity index (χ1) is 10.8. The Morgan fingerprint density at radius 3 is 2.41 bits per heavy atom. The first-order valence-electron chi connectivity index (χ1n) is 7.59. The van der Waals surface area contributed by atoms with E-state index in [4.69, 9.17) is 4.74 Å². The Hall–Kier alpha value is -2.55. The van der Waals surface area contributed by atoms with E-state index in [-0.39, 0.29) is 6.04 Å². The third-order valence-electron chi connectivity index (χ3n) is 3.63. The van der Waals surface area contributed by atoms with Crippen LogP contribution in [-0.4, -0.2) is 19.0 Å². The number of hydrogen-bond donors (Lipinski definition) is 1. The molecule has 112 valence electrons. The van der Waals surface area contributed by atoms with E-state index in [1.165, 1.54) is 5.56 Å². The predicted octanol–water partition coefficient (Wildman–Crippen LogP) is 3.81. The van der Waals surface area contributed by atoms with Gasteiger partial charge < -0.3 is 10.1 Å². The maximum absolute atomic E-state index is 5.53. The van der Waals surface area contributed by atoms with Crippen LogP contribution in [0.3, 0.4) is 0 Å². The average Bonchev–Trinajstić information content (AvgIpc) is 3.09. The fourth-order valence-electron chi connectivity index (χ4n) is 2.45. The van der Waals surface area contributed by atoms with E-state index in [0.29, 0.717) is 12.5 Å². The maximum atomic E-state index is 5.53. The zero-order valence-corrected chi connectivity index (χ0v) is 12.7. The molecule has 1 atom stereocenters. The molecule has 1 heterocycles. The van der Waals surface area contributed by atoms with Crippen LogP contribution in [-0.2, 0) is 4.74 Å². The molecule has 0 radical (unpaired) electrons. The van der Waals surface area contributed by atoms with E-state index in [1.807, 2.05) is 30.3 Å². The van der Waals surface area contributed by atoms with Gasteiger partial charge in [0.25, 0.3) is 0 Å². The van der Waals surface area contributed by atoms with E-state index in [2.05, 4.69) is 53.6 Å². The highest BCUT2D eigenvalue weighted by atomic mass is 16.5. The highest BCUT2D eigenvalue weighted by molar-refractivity contribution is 5.95. The lowest BCUT2D eigenvalue weighted by molar-refractivity contribution is 0.350. The molecular formula is C19H20N2O. The Morgan fingerprint density at radius 2 is 1.77 bits per heavy atom. The number of ether oxygens (including phenoxy) is 1. The van der Waals surface area contributed by atoms with Crippen molar-refractivity contribution < 1.29 is 4.74 Å². The molecule has 0 saturated carbocycles. The Bertz CT molecular complexity index is 662. The van der Waals surface area contributed by atoms with Crippen molar-refractivity contribution in [3.8, 4) is 0 Å². The van der Waals surface area contributed by atoms with Gasteiger partial charge in [0.05, 0.1) is 6.54 Å². The van der Waals surface area contributed by atoms with Gasteiger partial charge >= 0.3 is 0 Å². The topological polar surface area (TPSA) is 33.6 Å². The zero-order valence-electron chi connectivity index (χ0n) is 12.7. The first-order valence-corrected chi connectivity index (χ1v) is 7.59. The second-order valence-electron chi connectivity index (χ2n) is 5.27. The minimum absolute atomic E-state index is 0.203. The molecule has 0 bridgehead atoms. The highest BCUT2D eigenvalue weighted by Crippen LogP contribution is 2.19. The lowest BCUT2D eigenvalue weighted by Gasteiger charge is -2.19. The third-order valence-corrected chi connectivity index (χ3v) is 3.63. The van der Waals surface area contributed by atoms with Crippen LogP contribution in [0, 0.1) is 0 Å². The number of hydrogen-bond acceptors (Lipinski definition) is 3. The molecule has 2 aromatic carbocycles. The summed E-state index contributed by atoms with van der Waals surface area (Å²) >= 11 is 0. The van der Waals surface area contributed by atoms with Crippen LogP contribution in [0.4, 0.5) is 0 Å². The molecule has 2 aromatic rings. The van der Waals surface area contributed by atoms with Crippen molar-refractivity contribution in [2.45, 2.75) is 13.0 Å². The number of benzene rings is 2. The summed E-state index contributed by atoms with van der Waals surface area (Å²) in [5.41, 5.74) is 3.40. The molecule has 0 amide bonds. The van der Waals surface area contributed by atoms with E-state index in [9.17, 15) is 0 Å². The number of nitrogens with one attached hydrogen (secondary N) is 1. The molecule has 0 spiro atoms. The monoisotopic (exact) mass is 292 g/mol. The lowest BCUT2D eigenvalue weighted by Crippen LogP contribution is -2.18. The SMILES string of the molecule is C[C@H](N/C(=C/C1=NCCO1)c1ccccc1)c1ccccc1. The van der Waals surface area contributed by atoms with Gasteiger partial charge in [0.2, 0.25) is 5.90 Å². The van der Waals surface area contributed by atoms with Crippen molar-refractivity contribution in [1.29, 1.82) is 0 Å². The molecule has 1 aliphatic heterocycles. The van der Waals surface area contributed by atoms with Crippen LogP contribution in [0.25, 0.3) is 5.70 Å². The molecule has 0 fully saturated rings. The van der Waals surface area contributed by atoms with Gasteiger partial charge in [0.1, 0.15) is 6.61 Å². The smallest absolute Gasteiger partial charge is 0.210 e. The summed E-state index contributed by atoms with van der Waals surface area (Å²) in [6, 6.07) is 20.9. The lowest BCUT2D eigenvalue weighted by atomic mass is 10.1. The van der Waals surface area contributed by atoms with Gasteiger partial charge in [-0.15, -0.1) is 0 Å². The van der Waals surface area contributed by atoms with Gasteiger partial charge in [-0.05, 0) is 18.1 Å². The summed E-state index contributed by atoms with van der Waals surface area (Å²) < 4.78 is 5.53. The average molecular weight is 292 g/mol. The molecule has 0 aromatic heterocycles. The summed E-state index contributed by atoms with van der Waals surface area (Å²) in [5.74, 6) is 0.701. The quantitative estimate of drug-likeness (QED) is 0.909. The molecule has 0 unspecified atom stereocenters. The van der Waals surface area contributed by atoms with Crippen LogP contribution < -0.4 is 5.32 Å². The van der Waals surface area contributed by atoms with Gasteiger partial charge in [-0.25, -0.2) is 4.99 Å². The molecule has 1 aliphatic rings. The normalized spacial score (nSPS) is 15.9. The fourth-order valence-corrected chi connectivity index (χ4v) is 2.45. The summed E-state index contributed by atoms with van der Waals surface area (Å²) in [5, 5.41) is 3.58. The number of rotatable bonds is 5. The van der Waals surface area contributed by atoms with Crippen molar-refractivity contribution in [2.24, 2.45) is 4.99 Å². The van der Waals surface area contributed by atoms with Crippen molar-refractivity contribution in [3.05, 3.63) is 77.9 Å². The molecule has 0 aliphatic carbocycles. The Balaban J connectivity index is 1.86. The standard InChI is InChI=1S/C19H20N2O/c1-15(16-8-4-2-5-9-16)21-18(14-19-20-12-13-22-19)17-10-6-3-7-11-17/h2-11,14-15,21H,12-13H2,1H3/b18-14+/t15-/m0/s1. The van der Waals surface area contributed by atoms with E-state index in [1.54, 1.807) is 0 Å². The van der Waals surface area contributed by atoms with Crippen molar-refractivity contribution in [3.63, 3.8) is 0 Å². The van der Waals surface area contributed by atoms with Gasteiger partial charge in [-0.3, -0.25) is 0 Å². The van der Waals surface area contributed by atoms with Gasteiger partial charge in [-0.2, -0.15) is 0 Å². The van der Waals surface area contributed by atoms with Gasteiger partial charge in [0.15, 0.2) is 0 Å². The molecule has 0 saturated heterocycles. The number of aliphatic imine (C=N–C) groups is 1. The second kappa shape index (κ2) is 6.94. The predicted molar refractivity (Wildman–Crippen MR) is 90.7 cm³/mol. The first kappa shape index (κ1) is 14.4. The summed E-state index contributed by atoms with van der Waals surface area (Å²) in [6.07, 6.45) is 1.99. The van der Waals surface area contributed by atoms with Crippen LogP contribution >= 0.6 is 0 Å². The zero-order chi connectivity index (χ0) is 15.2. The largest absolute Gasteiger partial charge is 0.476 e. The minimum atomic E-state index is 0.203. The van der Waals surface area contributed by atoms with E-state index >= 15 is 0 Å². The van der Waals surface area contributed by atoms with Crippen LogP contribution in [0.5, 0.6) is 0 Å². The molecule has 3 heteroatoms. The Labute approximate surface area is 131 Å². The van der Waals surface area contributed by atoms with Crippen LogP contribution in [0.1, 0.15) is 24.1 Å². The minimum Gasteiger partial charge on any atom is -0.476 e. The number of nitrogens with zero attached hydrogens (tertiary/aromatic N) is 1. The Morgan fingerprint density at radius 1 is 1.09 bits per heavy atom. The maximum Gasteiger partial charge on any atom is 0.210 e. The summed E-state index contributed by atoms with van der Waals surface area (Å²) in [7, 11) is 0. The summed E-state index contributed by atoms with van der Waals surface area (Å²) in [4.78, 5) is 4.36. The van der Waals surface area contributed by atoms with E-state index in [0.717, 1.165) is 17.8 Å². The molecule has 3 nitrogen and oxygen atoms in total. The third kappa shape index (κ3) is 3.55. The fraction of sp³-hybridized carbons (Fsp3) is 0.211. The van der Waals surface area contributed by atoms with Crippen LogP contribution in [0.15, 0.2) is 71.7 Å². The Kier molecular flexibility index (Phi) is 4.54. The van der Waals surface area contributed by atoms with Gasteiger partial charge in [0, 0.05) is 17.8 Å². The van der Waals surface area contributed by atoms with Crippen molar-refractivity contribution in [1.82, 2.24) is 5.32 Å². The summed E-state index contributed by atoms with van der Waals surface area (Å²) in [6.45, 7) is 3.56. The van der Waals surface area contributed by atoms with Crippen LogP contribution in [0.2, 0.25) is 0 Å². The second-order valence-corrected chi connectivity index (χ2v) is 5.27. The molecule has 22 heavy (non-hydrogen) atoms. The molecular weight excluding hydrogens is 272 g/mol. The van der Waals surface area contributed by atoms with Crippen molar-refractivity contribution in [2.75, 3.05) is 13.2 Å². The van der Waals surface area contributed by atoms with Gasteiger partial charge in [-0.1, -0.05) is 60.7 Å². The highest BCUT2D eigenvalue weighted by Gasteiger charge is 2.11. The van der Waals surface area contributed by atoms with E-state index < -0.39 is 0 Å². The molecule has 3 rings (SSSR count).